The zero-order valence-corrected chi connectivity index (χ0v) is 18.5. The predicted molar refractivity (Wildman–Crippen MR) is 125 cm³/mol. The average molecular weight is 478 g/mol. The lowest BCUT2D eigenvalue weighted by Gasteiger charge is -2.11. The van der Waals surface area contributed by atoms with Gasteiger partial charge in [0.25, 0.3) is 5.69 Å². The van der Waals surface area contributed by atoms with E-state index >= 15 is 0 Å². The van der Waals surface area contributed by atoms with Crippen LogP contribution in [0, 0.1) is 27.2 Å². The Balaban J connectivity index is 1.65. The van der Waals surface area contributed by atoms with Crippen molar-refractivity contribution in [3.05, 3.63) is 96.9 Å². The van der Waals surface area contributed by atoms with Crippen LogP contribution in [0.25, 0.3) is 11.0 Å². The molecule has 4 aromatic rings. The summed E-state index contributed by atoms with van der Waals surface area (Å²) in [6.07, 6.45) is 0. The van der Waals surface area contributed by atoms with Crippen molar-refractivity contribution in [3.63, 3.8) is 0 Å². The molecule has 1 heterocycles. The van der Waals surface area contributed by atoms with Crippen LogP contribution < -0.4 is 19.6 Å². The van der Waals surface area contributed by atoms with Crippen LogP contribution >= 0.6 is 0 Å². The van der Waals surface area contributed by atoms with E-state index in [1.165, 1.54) is 18.2 Å². The molecule has 0 spiro atoms. The second kappa shape index (κ2) is 9.51. The highest BCUT2D eigenvalue weighted by Gasteiger charge is 2.22. The molecular formula is C24H18N2O9. The summed E-state index contributed by atoms with van der Waals surface area (Å²) in [4.78, 5) is 33.8. The molecule has 0 bridgehead atoms. The van der Waals surface area contributed by atoms with Gasteiger partial charge in [-0.05, 0) is 56.3 Å². The number of nitro groups is 2. The van der Waals surface area contributed by atoms with Crippen LogP contribution in [0.15, 0.2) is 69.9 Å². The number of aryl methyl sites for hydroxylation is 1. The Labute approximate surface area is 197 Å². The summed E-state index contributed by atoms with van der Waals surface area (Å²) >= 11 is 0. The van der Waals surface area contributed by atoms with Gasteiger partial charge in [0.05, 0.1) is 27.9 Å². The summed E-state index contributed by atoms with van der Waals surface area (Å²) in [6, 6.07) is 14.1. The molecule has 11 heteroatoms. The Morgan fingerprint density at radius 2 is 1.54 bits per heavy atom. The van der Waals surface area contributed by atoms with Gasteiger partial charge in [-0.25, -0.2) is 0 Å². The maximum Gasteiger partial charge on any atom is 0.318 e. The first-order valence-electron chi connectivity index (χ1n) is 10.4. The zero-order valence-electron chi connectivity index (χ0n) is 18.5. The van der Waals surface area contributed by atoms with Gasteiger partial charge in [-0.15, -0.1) is 0 Å². The van der Waals surface area contributed by atoms with Crippen molar-refractivity contribution in [2.45, 2.75) is 13.8 Å². The first-order valence-corrected chi connectivity index (χ1v) is 10.4. The van der Waals surface area contributed by atoms with E-state index in [1.807, 2.05) is 6.92 Å². The first-order chi connectivity index (χ1) is 16.8. The molecule has 1 aromatic heterocycles. The first kappa shape index (κ1) is 23.2. The fraction of sp³-hybridized carbons (Fsp3) is 0.125. The number of hydrogen-bond donors (Lipinski definition) is 0. The molecule has 178 valence electrons. The molecule has 4 rings (SSSR count). The van der Waals surface area contributed by atoms with E-state index in [4.69, 9.17) is 18.6 Å². The second-order valence-electron chi connectivity index (χ2n) is 7.25. The van der Waals surface area contributed by atoms with Crippen molar-refractivity contribution in [1.82, 2.24) is 0 Å². The highest BCUT2D eigenvalue weighted by Crippen LogP contribution is 2.35. The van der Waals surface area contributed by atoms with Gasteiger partial charge in [-0.2, -0.15) is 0 Å². The topological polar surface area (TPSA) is 144 Å². The molecular weight excluding hydrogens is 460 g/mol. The van der Waals surface area contributed by atoms with Crippen molar-refractivity contribution in [3.8, 4) is 28.7 Å². The third-order valence-electron chi connectivity index (χ3n) is 4.92. The van der Waals surface area contributed by atoms with Gasteiger partial charge < -0.3 is 18.6 Å². The lowest BCUT2D eigenvalue weighted by molar-refractivity contribution is -0.394. The zero-order chi connectivity index (χ0) is 25.1. The SMILES string of the molecule is CCOc1ccc(Oc2c(C)oc3cc(Oc4ccc([N+](=O)[O-])cc4[N+](=O)[O-])ccc3c2=O)cc1. The minimum Gasteiger partial charge on any atom is -0.494 e. The van der Waals surface area contributed by atoms with E-state index in [2.05, 4.69) is 0 Å². The molecule has 0 aliphatic rings. The van der Waals surface area contributed by atoms with E-state index in [9.17, 15) is 25.0 Å². The summed E-state index contributed by atoms with van der Waals surface area (Å²) in [5.41, 5.74) is -1.25. The number of fused-ring (bicyclic) bond motifs is 1. The lowest BCUT2D eigenvalue weighted by atomic mass is 10.2. The Morgan fingerprint density at radius 1 is 0.857 bits per heavy atom. The van der Waals surface area contributed by atoms with Crippen LogP contribution in [0.5, 0.6) is 28.7 Å². The standard InChI is InChI=1S/C24H18N2O9/c1-3-32-16-5-7-17(8-6-16)35-24-14(2)33-22-13-18(9-10-19(22)23(24)27)34-21-11-4-15(25(28)29)12-20(21)26(30)31/h4-13H,3H2,1-2H3. The molecule has 0 saturated heterocycles. The Bertz CT molecular complexity index is 1490. The summed E-state index contributed by atoms with van der Waals surface area (Å²) in [7, 11) is 0. The molecule has 0 N–H and O–H groups in total. The van der Waals surface area contributed by atoms with Gasteiger partial charge in [-0.1, -0.05) is 0 Å². The second-order valence-corrected chi connectivity index (χ2v) is 7.25. The number of rotatable bonds is 8. The molecule has 0 atom stereocenters. The van der Waals surface area contributed by atoms with Crippen LogP contribution in [0.3, 0.4) is 0 Å². The number of nitro benzene ring substituents is 2. The Morgan fingerprint density at radius 3 is 2.20 bits per heavy atom. The van der Waals surface area contributed by atoms with Crippen molar-refractivity contribution in [2.24, 2.45) is 0 Å². The smallest absolute Gasteiger partial charge is 0.318 e. The summed E-state index contributed by atoms with van der Waals surface area (Å²) in [6.45, 7) is 3.97. The molecule has 0 fully saturated rings. The van der Waals surface area contributed by atoms with Crippen molar-refractivity contribution < 1.29 is 28.5 Å². The summed E-state index contributed by atoms with van der Waals surface area (Å²) in [5, 5.41) is 22.5. The van der Waals surface area contributed by atoms with E-state index in [0.717, 1.165) is 18.2 Å². The minimum absolute atomic E-state index is 0.0151. The van der Waals surface area contributed by atoms with Crippen LogP contribution in [-0.2, 0) is 0 Å². The Kier molecular flexibility index (Phi) is 6.32. The van der Waals surface area contributed by atoms with Crippen LogP contribution in [-0.4, -0.2) is 16.5 Å². The summed E-state index contributed by atoms with van der Waals surface area (Å²) in [5.74, 6) is 1.26. The van der Waals surface area contributed by atoms with Gasteiger partial charge in [-0.3, -0.25) is 25.0 Å². The quantitative estimate of drug-likeness (QED) is 0.223. The normalized spacial score (nSPS) is 10.7. The maximum absolute atomic E-state index is 13.0. The highest BCUT2D eigenvalue weighted by molar-refractivity contribution is 5.80. The number of ether oxygens (including phenoxy) is 3. The molecule has 11 nitrogen and oxygen atoms in total. The number of benzene rings is 3. The van der Waals surface area contributed by atoms with Gasteiger partial charge >= 0.3 is 5.69 Å². The molecule has 0 aliphatic heterocycles. The van der Waals surface area contributed by atoms with Gasteiger partial charge in [0, 0.05) is 12.1 Å². The van der Waals surface area contributed by atoms with Gasteiger partial charge in [0.2, 0.25) is 16.9 Å². The number of nitrogens with zero attached hydrogens (tertiary/aromatic N) is 2. The molecule has 0 radical (unpaired) electrons. The average Bonchev–Trinajstić information content (AvgIpc) is 2.83. The molecule has 35 heavy (non-hydrogen) atoms. The van der Waals surface area contributed by atoms with E-state index in [-0.39, 0.29) is 34.0 Å². The van der Waals surface area contributed by atoms with Crippen molar-refractivity contribution in [1.29, 1.82) is 0 Å². The third-order valence-corrected chi connectivity index (χ3v) is 4.92. The maximum atomic E-state index is 13.0. The highest BCUT2D eigenvalue weighted by atomic mass is 16.6. The van der Waals surface area contributed by atoms with Crippen molar-refractivity contribution >= 4 is 22.3 Å². The number of non-ortho nitro benzene ring substituents is 1. The molecule has 3 aromatic carbocycles. The third kappa shape index (κ3) is 4.88. The van der Waals surface area contributed by atoms with E-state index in [1.54, 1.807) is 31.2 Å². The largest absolute Gasteiger partial charge is 0.494 e. The van der Waals surface area contributed by atoms with E-state index < -0.39 is 26.7 Å². The minimum atomic E-state index is -0.780. The fourth-order valence-electron chi connectivity index (χ4n) is 3.31. The van der Waals surface area contributed by atoms with Crippen LogP contribution in [0.1, 0.15) is 12.7 Å². The predicted octanol–water partition coefficient (Wildman–Crippen LogP) is 5.90. The Hall–Kier alpha value is -4.93. The fourth-order valence-corrected chi connectivity index (χ4v) is 3.31. The molecule has 0 saturated carbocycles. The van der Waals surface area contributed by atoms with Gasteiger partial charge in [0.15, 0.2) is 0 Å². The molecule has 0 aliphatic carbocycles. The summed E-state index contributed by atoms with van der Waals surface area (Å²) < 4.78 is 22.5. The molecule has 0 amide bonds. The lowest BCUT2D eigenvalue weighted by Crippen LogP contribution is -2.07. The van der Waals surface area contributed by atoms with Crippen molar-refractivity contribution in [2.75, 3.05) is 6.61 Å². The van der Waals surface area contributed by atoms with Crippen LogP contribution in [0.2, 0.25) is 0 Å². The monoisotopic (exact) mass is 478 g/mol. The number of hydrogen-bond acceptors (Lipinski definition) is 9. The molecule has 0 unspecified atom stereocenters. The van der Waals surface area contributed by atoms with Gasteiger partial charge in [0.1, 0.15) is 28.6 Å². The van der Waals surface area contributed by atoms with Crippen LogP contribution in [0.4, 0.5) is 11.4 Å². The van der Waals surface area contributed by atoms with E-state index in [0.29, 0.717) is 18.1 Å².